The molecule has 0 radical (unpaired) electrons. The van der Waals surface area contributed by atoms with E-state index in [1.807, 2.05) is 30.3 Å². The Balaban J connectivity index is 1.39. The lowest BCUT2D eigenvalue weighted by molar-refractivity contribution is -0.127. The zero-order valence-corrected chi connectivity index (χ0v) is 18.7. The summed E-state index contributed by atoms with van der Waals surface area (Å²) in [7, 11) is 1.65. The number of amides is 1. The Bertz CT molecular complexity index is 1030. The van der Waals surface area contributed by atoms with Gasteiger partial charge in [-0.05, 0) is 63.1 Å². The van der Waals surface area contributed by atoms with Crippen LogP contribution >= 0.6 is 0 Å². The second-order valence-corrected chi connectivity index (χ2v) is 8.62. The molecular formula is C25H32N4O2. The second-order valence-electron chi connectivity index (χ2n) is 8.62. The highest BCUT2D eigenvalue weighted by Crippen LogP contribution is 2.24. The van der Waals surface area contributed by atoms with E-state index >= 15 is 0 Å². The van der Waals surface area contributed by atoms with Crippen molar-refractivity contribution in [2.45, 2.75) is 45.8 Å². The third-order valence-electron chi connectivity index (χ3n) is 6.05. The van der Waals surface area contributed by atoms with Crippen molar-refractivity contribution in [3.8, 4) is 5.75 Å². The van der Waals surface area contributed by atoms with Crippen LogP contribution in [0.2, 0.25) is 0 Å². The molecule has 0 spiro atoms. The topological polar surface area (TPSA) is 59.4 Å². The summed E-state index contributed by atoms with van der Waals surface area (Å²) in [6.45, 7) is 7.49. The molecule has 1 N–H and O–H groups in total. The van der Waals surface area contributed by atoms with Gasteiger partial charge in [0.05, 0.1) is 30.6 Å². The van der Waals surface area contributed by atoms with Gasteiger partial charge in [-0.3, -0.25) is 9.69 Å². The fourth-order valence-corrected chi connectivity index (χ4v) is 4.47. The predicted molar refractivity (Wildman–Crippen MR) is 123 cm³/mol. The van der Waals surface area contributed by atoms with Crippen LogP contribution < -0.4 is 10.1 Å². The number of rotatable bonds is 7. The number of aromatic nitrogens is 2. The SMILES string of the molecule is COc1ccc(CNC(=O)[C@H]2CCCN(Cc3nc4ccccc4n3C(C)C)C2)cc1. The highest BCUT2D eigenvalue weighted by molar-refractivity contribution is 5.79. The van der Waals surface area contributed by atoms with Crippen molar-refractivity contribution in [2.24, 2.45) is 5.92 Å². The number of hydrogen-bond donors (Lipinski definition) is 1. The van der Waals surface area contributed by atoms with E-state index in [0.717, 1.165) is 55.1 Å². The molecule has 1 amide bonds. The fraction of sp³-hybridized carbons (Fsp3) is 0.440. The number of benzene rings is 2. The van der Waals surface area contributed by atoms with Crippen molar-refractivity contribution in [1.29, 1.82) is 0 Å². The minimum atomic E-state index is 0.0175. The van der Waals surface area contributed by atoms with E-state index in [0.29, 0.717) is 12.6 Å². The molecule has 0 aliphatic carbocycles. The highest BCUT2D eigenvalue weighted by atomic mass is 16.5. The lowest BCUT2D eigenvalue weighted by Crippen LogP contribution is -2.42. The molecule has 31 heavy (non-hydrogen) atoms. The number of fused-ring (bicyclic) bond motifs is 1. The number of methoxy groups -OCH3 is 1. The fourth-order valence-electron chi connectivity index (χ4n) is 4.47. The normalized spacial score (nSPS) is 17.2. The summed E-state index contributed by atoms with van der Waals surface area (Å²) in [6.07, 6.45) is 1.97. The third kappa shape index (κ3) is 4.90. The number of ether oxygens (including phenoxy) is 1. The molecule has 2 heterocycles. The Labute approximate surface area is 184 Å². The molecule has 1 aliphatic heterocycles. The highest BCUT2D eigenvalue weighted by Gasteiger charge is 2.27. The molecule has 1 atom stereocenters. The number of carbonyl (C=O) groups excluding carboxylic acids is 1. The largest absolute Gasteiger partial charge is 0.497 e. The number of nitrogens with one attached hydrogen (secondary N) is 1. The minimum absolute atomic E-state index is 0.0175. The molecule has 164 valence electrons. The summed E-state index contributed by atoms with van der Waals surface area (Å²) in [6, 6.07) is 16.5. The third-order valence-corrected chi connectivity index (χ3v) is 6.05. The van der Waals surface area contributed by atoms with Gasteiger partial charge in [0.15, 0.2) is 0 Å². The summed E-state index contributed by atoms with van der Waals surface area (Å²) in [5.41, 5.74) is 3.29. The van der Waals surface area contributed by atoms with E-state index in [2.05, 4.69) is 46.8 Å². The van der Waals surface area contributed by atoms with Gasteiger partial charge in [0.25, 0.3) is 0 Å². The van der Waals surface area contributed by atoms with Gasteiger partial charge in [-0.25, -0.2) is 4.98 Å². The van der Waals surface area contributed by atoms with Crippen LogP contribution in [0, 0.1) is 5.92 Å². The zero-order valence-electron chi connectivity index (χ0n) is 18.7. The number of nitrogens with zero attached hydrogens (tertiary/aromatic N) is 3. The van der Waals surface area contributed by atoms with Crippen LogP contribution in [0.4, 0.5) is 0 Å². The van der Waals surface area contributed by atoms with E-state index in [9.17, 15) is 4.79 Å². The number of imidazole rings is 1. The van der Waals surface area contributed by atoms with E-state index in [4.69, 9.17) is 9.72 Å². The van der Waals surface area contributed by atoms with Crippen LogP contribution in [-0.2, 0) is 17.9 Å². The van der Waals surface area contributed by atoms with Crippen LogP contribution in [0.15, 0.2) is 48.5 Å². The van der Waals surface area contributed by atoms with Gasteiger partial charge in [-0.1, -0.05) is 24.3 Å². The number of likely N-dealkylation sites (tertiary alicyclic amines) is 1. The molecule has 0 saturated carbocycles. The van der Waals surface area contributed by atoms with E-state index in [-0.39, 0.29) is 11.8 Å². The van der Waals surface area contributed by atoms with Gasteiger partial charge in [0.2, 0.25) is 5.91 Å². The number of piperidine rings is 1. The van der Waals surface area contributed by atoms with Crippen molar-refractivity contribution in [3.05, 3.63) is 59.9 Å². The molecule has 4 rings (SSSR count). The molecule has 0 unspecified atom stereocenters. The lowest BCUT2D eigenvalue weighted by Gasteiger charge is -2.32. The van der Waals surface area contributed by atoms with Crippen molar-refractivity contribution >= 4 is 16.9 Å². The van der Waals surface area contributed by atoms with Crippen molar-refractivity contribution in [3.63, 3.8) is 0 Å². The molecular weight excluding hydrogens is 388 g/mol. The van der Waals surface area contributed by atoms with Gasteiger partial charge in [-0.2, -0.15) is 0 Å². The zero-order chi connectivity index (χ0) is 21.8. The first kappa shape index (κ1) is 21.4. The maximum atomic E-state index is 12.8. The van der Waals surface area contributed by atoms with Crippen molar-refractivity contribution in [1.82, 2.24) is 19.8 Å². The average molecular weight is 421 g/mol. The first-order valence-electron chi connectivity index (χ1n) is 11.1. The quantitative estimate of drug-likeness (QED) is 0.624. The molecule has 2 aromatic carbocycles. The average Bonchev–Trinajstić information content (AvgIpc) is 3.16. The summed E-state index contributed by atoms with van der Waals surface area (Å²) in [5.74, 6) is 2.06. The minimum Gasteiger partial charge on any atom is -0.497 e. The van der Waals surface area contributed by atoms with Crippen molar-refractivity contribution in [2.75, 3.05) is 20.2 Å². The van der Waals surface area contributed by atoms with Crippen LogP contribution in [0.1, 0.15) is 44.1 Å². The molecule has 3 aromatic rings. The summed E-state index contributed by atoms with van der Waals surface area (Å²) < 4.78 is 7.52. The van der Waals surface area contributed by atoms with Gasteiger partial charge >= 0.3 is 0 Å². The summed E-state index contributed by atoms with van der Waals surface area (Å²) in [4.78, 5) is 20.1. The Kier molecular flexibility index (Phi) is 6.56. The van der Waals surface area contributed by atoms with Crippen LogP contribution in [0.5, 0.6) is 5.75 Å². The predicted octanol–water partition coefficient (Wildman–Crippen LogP) is 4.15. The molecule has 6 heteroatoms. The van der Waals surface area contributed by atoms with E-state index < -0.39 is 0 Å². The standard InChI is InChI=1S/C25H32N4O2/c1-18(2)29-23-9-5-4-8-22(23)27-24(29)17-28-14-6-7-20(16-28)25(30)26-15-19-10-12-21(31-3)13-11-19/h4-5,8-13,18,20H,6-7,14-17H2,1-3H3,(H,26,30)/t20-/m0/s1. The maximum Gasteiger partial charge on any atom is 0.224 e. The Hall–Kier alpha value is -2.86. The molecule has 0 bridgehead atoms. The number of para-hydroxylation sites is 2. The first-order chi connectivity index (χ1) is 15.0. The first-order valence-corrected chi connectivity index (χ1v) is 11.1. The van der Waals surface area contributed by atoms with Crippen molar-refractivity contribution < 1.29 is 9.53 Å². The van der Waals surface area contributed by atoms with Gasteiger partial charge in [0.1, 0.15) is 11.6 Å². The molecule has 1 fully saturated rings. The van der Waals surface area contributed by atoms with Gasteiger partial charge < -0.3 is 14.6 Å². The molecule has 6 nitrogen and oxygen atoms in total. The Morgan fingerprint density at radius 1 is 1.19 bits per heavy atom. The number of carbonyl (C=O) groups is 1. The Morgan fingerprint density at radius 2 is 1.97 bits per heavy atom. The molecule has 1 saturated heterocycles. The molecule has 1 aromatic heterocycles. The second kappa shape index (κ2) is 9.52. The summed E-state index contributed by atoms with van der Waals surface area (Å²) in [5, 5.41) is 3.11. The van der Waals surface area contributed by atoms with Crippen LogP contribution in [0.3, 0.4) is 0 Å². The van der Waals surface area contributed by atoms with Crippen LogP contribution in [0.25, 0.3) is 11.0 Å². The van der Waals surface area contributed by atoms with E-state index in [1.54, 1.807) is 7.11 Å². The van der Waals surface area contributed by atoms with Crippen LogP contribution in [-0.4, -0.2) is 40.6 Å². The van der Waals surface area contributed by atoms with Gasteiger partial charge in [-0.15, -0.1) is 0 Å². The lowest BCUT2D eigenvalue weighted by atomic mass is 9.97. The molecule has 1 aliphatic rings. The maximum absolute atomic E-state index is 12.8. The van der Waals surface area contributed by atoms with E-state index in [1.165, 1.54) is 5.52 Å². The monoisotopic (exact) mass is 420 g/mol. The Morgan fingerprint density at radius 3 is 2.71 bits per heavy atom. The van der Waals surface area contributed by atoms with Gasteiger partial charge in [0, 0.05) is 19.1 Å². The summed E-state index contributed by atoms with van der Waals surface area (Å²) >= 11 is 0. The number of hydrogen-bond acceptors (Lipinski definition) is 4. The smallest absolute Gasteiger partial charge is 0.224 e.